The molecule has 0 aromatic heterocycles. The molecule has 1 aliphatic heterocycles. The number of hydrogen-bond donors (Lipinski definition) is 0. The molecule has 0 aromatic carbocycles. The number of nitrogens with zero attached hydrogens (tertiary/aromatic N) is 1. The van der Waals surface area contributed by atoms with E-state index in [2.05, 4.69) is 0 Å². The number of carbonyl (C=O) groups excluding carboxylic acids is 1. The number of rotatable bonds is 1. The second kappa shape index (κ2) is 4.38. The van der Waals surface area contributed by atoms with Gasteiger partial charge in [-0.05, 0) is 24.7 Å². The summed E-state index contributed by atoms with van der Waals surface area (Å²) in [6.45, 7) is 1.44. The zero-order chi connectivity index (χ0) is 12.8. The summed E-state index contributed by atoms with van der Waals surface area (Å²) in [5.74, 6) is 0.873. The van der Waals surface area contributed by atoms with Crippen LogP contribution in [0.25, 0.3) is 0 Å². The normalized spacial score (nSPS) is 36.9. The highest BCUT2D eigenvalue weighted by molar-refractivity contribution is 5.67. The maximum Gasteiger partial charge on any atom is 0.409 e. The second-order valence-corrected chi connectivity index (χ2v) is 5.91. The van der Waals surface area contributed by atoms with Gasteiger partial charge in [0, 0.05) is 26.9 Å². The summed E-state index contributed by atoms with van der Waals surface area (Å²) in [5.41, 5.74) is 0. The molecular formula is C13H21NO4. The van der Waals surface area contributed by atoms with E-state index in [1.807, 2.05) is 0 Å². The third kappa shape index (κ3) is 2.10. The molecule has 3 fully saturated rings. The number of hydrogen-bond acceptors (Lipinski definition) is 4. The van der Waals surface area contributed by atoms with E-state index in [4.69, 9.17) is 14.2 Å². The fourth-order valence-electron chi connectivity index (χ4n) is 3.62. The van der Waals surface area contributed by atoms with Crippen molar-refractivity contribution in [2.45, 2.75) is 37.6 Å². The quantitative estimate of drug-likeness (QED) is 0.714. The SMILES string of the molecule is CN(C)C(=O)O[C@@H]1C[C@@H]2CC3(C[C@@H]2C1)OCCO3. The lowest BCUT2D eigenvalue weighted by atomic mass is 10.0. The van der Waals surface area contributed by atoms with E-state index in [-0.39, 0.29) is 18.0 Å². The molecule has 1 heterocycles. The van der Waals surface area contributed by atoms with Crippen LogP contribution in [0.15, 0.2) is 0 Å². The van der Waals surface area contributed by atoms with Crippen LogP contribution in [0, 0.1) is 11.8 Å². The first kappa shape index (κ1) is 12.2. The maximum absolute atomic E-state index is 11.5. The predicted molar refractivity (Wildman–Crippen MR) is 64.0 cm³/mol. The van der Waals surface area contributed by atoms with Gasteiger partial charge >= 0.3 is 6.09 Å². The van der Waals surface area contributed by atoms with E-state index in [1.165, 1.54) is 4.90 Å². The molecule has 0 unspecified atom stereocenters. The van der Waals surface area contributed by atoms with Gasteiger partial charge < -0.3 is 19.1 Å². The molecule has 1 amide bonds. The highest BCUT2D eigenvalue weighted by Crippen LogP contribution is 2.52. The Hall–Kier alpha value is -0.810. The van der Waals surface area contributed by atoms with Crippen molar-refractivity contribution in [3.63, 3.8) is 0 Å². The van der Waals surface area contributed by atoms with Crippen molar-refractivity contribution < 1.29 is 19.0 Å². The summed E-state index contributed by atoms with van der Waals surface area (Å²) in [4.78, 5) is 13.0. The highest BCUT2D eigenvalue weighted by Gasteiger charge is 2.53. The average molecular weight is 255 g/mol. The minimum atomic E-state index is -0.300. The van der Waals surface area contributed by atoms with E-state index in [0.29, 0.717) is 11.8 Å². The smallest absolute Gasteiger partial charge is 0.409 e. The van der Waals surface area contributed by atoms with Gasteiger partial charge in [-0.1, -0.05) is 0 Å². The van der Waals surface area contributed by atoms with E-state index in [9.17, 15) is 4.79 Å². The lowest BCUT2D eigenvalue weighted by Crippen LogP contribution is -2.30. The van der Waals surface area contributed by atoms with E-state index in [0.717, 1.165) is 38.9 Å². The molecule has 0 radical (unpaired) electrons. The Balaban J connectivity index is 1.55. The van der Waals surface area contributed by atoms with E-state index < -0.39 is 0 Å². The molecule has 2 aliphatic carbocycles. The molecule has 3 aliphatic rings. The zero-order valence-corrected chi connectivity index (χ0v) is 11.1. The van der Waals surface area contributed by atoms with Gasteiger partial charge in [-0.3, -0.25) is 0 Å². The second-order valence-electron chi connectivity index (χ2n) is 5.91. The zero-order valence-electron chi connectivity index (χ0n) is 11.1. The van der Waals surface area contributed by atoms with Crippen LogP contribution in [0.2, 0.25) is 0 Å². The molecule has 5 heteroatoms. The predicted octanol–water partition coefficient (Wildman–Crippen LogP) is 1.62. The van der Waals surface area contributed by atoms with Crippen LogP contribution in [-0.4, -0.2) is 50.2 Å². The Morgan fingerprint density at radius 3 is 2.22 bits per heavy atom. The Kier molecular flexibility index (Phi) is 2.98. The Bertz CT molecular complexity index is 322. The first-order valence-corrected chi connectivity index (χ1v) is 6.74. The van der Waals surface area contributed by atoms with Crippen LogP contribution in [0.5, 0.6) is 0 Å². The van der Waals surface area contributed by atoms with Crippen LogP contribution < -0.4 is 0 Å². The monoisotopic (exact) mass is 255 g/mol. The molecule has 2 saturated carbocycles. The van der Waals surface area contributed by atoms with Crippen molar-refractivity contribution in [1.82, 2.24) is 4.90 Å². The van der Waals surface area contributed by atoms with Gasteiger partial charge in [0.15, 0.2) is 5.79 Å². The number of fused-ring (bicyclic) bond motifs is 1. The third-order valence-electron chi connectivity index (χ3n) is 4.39. The number of amides is 1. The summed E-state index contributed by atoms with van der Waals surface area (Å²) in [7, 11) is 3.43. The molecule has 1 saturated heterocycles. The molecule has 0 bridgehead atoms. The molecular weight excluding hydrogens is 234 g/mol. The van der Waals surface area contributed by atoms with Crippen LogP contribution >= 0.6 is 0 Å². The lowest BCUT2D eigenvalue weighted by molar-refractivity contribution is -0.156. The first-order chi connectivity index (χ1) is 8.58. The molecule has 102 valence electrons. The van der Waals surface area contributed by atoms with Gasteiger partial charge in [-0.15, -0.1) is 0 Å². The van der Waals surface area contributed by atoms with E-state index >= 15 is 0 Å². The van der Waals surface area contributed by atoms with Gasteiger partial charge in [0.1, 0.15) is 6.10 Å². The summed E-state index contributed by atoms with van der Waals surface area (Å²) in [6, 6.07) is 0. The molecule has 0 aromatic rings. The Morgan fingerprint density at radius 2 is 1.72 bits per heavy atom. The van der Waals surface area contributed by atoms with Crippen LogP contribution in [0.4, 0.5) is 4.79 Å². The van der Waals surface area contributed by atoms with Crippen molar-refractivity contribution in [1.29, 1.82) is 0 Å². The van der Waals surface area contributed by atoms with Gasteiger partial charge in [0.2, 0.25) is 0 Å². The van der Waals surface area contributed by atoms with E-state index in [1.54, 1.807) is 14.1 Å². The van der Waals surface area contributed by atoms with Gasteiger partial charge in [-0.25, -0.2) is 4.79 Å². The summed E-state index contributed by atoms with van der Waals surface area (Å²) >= 11 is 0. The number of carbonyl (C=O) groups is 1. The fraction of sp³-hybridized carbons (Fsp3) is 0.923. The van der Waals surface area contributed by atoms with Crippen molar-refractivity contribution in [2.75, 3.05) is 27.3 Å². The van der Waals surface area contributed by atoms with Gasteiger partial charge in [-0.2, -0.15) is 0 Å². The first-order valence-electron chi connectivity index (χ1n) is 6.74. The average Bonchev–Trinajstić information content (AvgIpc) is 2.95. The third-order valence-corrected chi connectivity index (χ3v) is 4.39. The van der Waals surface area contributed by atoms with Crippen LogP contribution in [-0.2, 0) is 14.2 Å². The molecule has 0 N–H and O–H groups in total. The molecule has 5 nitrogen and oxygen atoms in total. The maximum atomic E-state index is 11.5. The standard InChI is InChI=1S/C13H21NO4/c1-14(2)12(15)18-11-5-9-7-13(8-10(9)6-11)16-3-4-17-13/h9-11H,3-8H2,1-2H3/t9-,10+,11-. The van der Waals surface area contributed by atoms with Crippen molar-refractivity contribution in [3.05, 3.63) is 0 Å². The Morgan fingerprint density at radius 1 is 1.17 bits per heavy atom. The molecule has 1 spiro atoms. The largest absolute Gasteiger partial charge is 0.446 e. The minimum Gasteiger partial charge on any atom is -0.446 e. The van der Waals surface area contributed by atoms with Crippen molar-refractivity contribution >= 4 is 6.09 Å². The fourth-order valence-corrected chi connectivity index (χ4v) is 3.62. The topological polar surface area (TPSA) is 48.0 Å². The molecule has 18 heavy (non-hydrogen) atoms. The lowest BCUT2D eigenvalue weighted by Gasteiger charge is -2.24. The van der Waals surface area contributed by atoms with Crippen LogP contribution in [0.1, 0.15) is 25.7 Å². The van der Waals surface area contributed by atoms with Gasteiger partial charge in [0.05, 0.1) is 13.2 Å². The highest BCUT2D eigenvalue weighted by atomic mass is 16.7. The molecule has 3 rings (SSSR count). The molecule has 3 atom stereocenters. The summed E-state index contributed by atoms with van der Waals surface area (Å²) < 4.78 is 17.0. The summed E-state index contributed by atoms with van der Waals surface area (Å²) in [6.07, 6.45) is 3.69. The van der Waals surface area contributed by atoms with Crippen molar-refractivity contribution in [2.24, 2.45) is 11.8 Å². The number of ether oxygens (including phenoxy) is 3. The minimum absolute atomic E-state index is 0.0775. The van der Waals surface area contributed by atoms with Crippen molar-refractivity contribution in [3.8, 4) is 0 Å². The summed E-state index contributed by atoms with van der Waals surface area (Å²) in [5, 5.41) is 0. The Labute approximate surface area is 107 Å². The van der Waals surface area contributed by atoms with Gasteiger partial charge in [0.25, 0.3) is 0 Å². The van der Waals surface area contributed by atoms with Crippen LogP contribution in [0.3, 0.4) is 0 Å².